The molecule has 1 saturated heterocycles. The lowest BCUT2D eigenvalue weighted by molar-refractivity contribution is -0.198. The number of amides is 1. The summed E-state index contributed by atoms with van der Waals surface area (Å²) in [5.74, 6) is 1.59. The number of rotatable bonds is 7. The van der Waals surface area contributed by atoms with Gasteiger partial charge in [-0.3, -0.25) is 19.2 Å². The highest BCUT2D eigenvalue weighted by Crippen LogP contribution is 2.73. The molecule has 0 spiro atoms. The van der Waals surface area contributed by atoms with E-state index in [0.29, 0.717) is 41.8 Å². The molecular formula is C43H68N2O6. The Morgan fingerprint density at radius 1 is 0.961 bits per heavy atom. The van der Waals surface area contributed by atoms with Gasteiger partial charge in [0.15, 0.2) is 5.78 Å². The Hall–Kier alpha value is -2.22. The van der Waals surface area contributed by atoms with Crippen LogP contribution in [-0.2, 0) is 23.9 Å². The van der Waals surface area contributed by atoms with Crippen molar-refractivity contribution in [1.29, 1.82) is 0 Å². The third-order valence-electron chi connectivity index (χ3n) is 16.9. The van der Waals surface area contributed by atoms with E-state index in [-0.39, 0.29) is 57.9 Å². The fourth-order valence-electron chi connectivity index (χ4n) is 14.3. The molecule has 0 bridgehead atoms. The Bertz CT molecular complexity index is 1410. The third-order valence-corrected chi connectivity index (χ3v) is 16.9. The Morgan fingerprint density at radius 3 is 2.18 bits per heavy atom. The summed E-state index contributed by atoms with van der Waals surface area (Å²) in [6.07, 6.45) is 13.2. The van der Waals surface area contributed by atoms with Gasteiger partial charge in [0.1, 0.15) is 6.10 Å². The minimum atomic E-state index is -0.793. The molecule has 6 fully saturated rings. The van der Waals surface area contributed by atoms with Gasteiger partial charge in [0, 0.05) is 18.4 Å². The molecule has 1 amide bonds. The molecule has 7 rings (SSSR count). The second-order valence-corrected chi connectivity index (χ2v) is 19.7. The highest BCUT2D eigenvalue weighted by atomic mass is 16.5. The zero-order valence-corrected chi connectivity index (χ0v) is 33.0. The Labute approximate surface area is 307 Å². The lowest BCUT2D eigenvalue weighted by Crippen LogP contribution is -2.61. The molecule has 3 N–H and O–H groups in total. The van der Waals surface area contributed by atoms with E-state index in [1.807, 2.05) is 6.92 Å². The number of fused-ring (bicyclic) bond motifs is 7. The molecule has 51 heavy (non-hydrogen) atoms. The number of likely N-dealkylation sites (tertiary alicyclic amines) is 1. The van der Waals surface area contributed by atoms with Crippen LogP contribution in [0.15, 0.2) is 11.1 Å². The average Bonchev–Trinajstić information content (AvgIpc) is 3.67. The predicted molar refractivity (Wildman–Crippen MR) is 198 cm³/mol. The summed E-state index contributed by atoms with van der Waals surface area (Å²) in [7, 11) is 0. The van der Waals surface area contributed by atoms with Gasteiger partial charge in [-0.15, -0.1) is 0 Å². The van der Waals surface area contributed by atoms with Gasteiger partial charge in [-0.1, -0.05) is 61.0 Å². The smallest absolute Gasteiger partial charge is 0.309 e. The van der Waals surface area contributed by atoms with Gasteiger partial charge in [-0.25, -0.2) is 0 Å². The minimum Gasteiger partial charge on any atom is -0.481 e. The summed E-state index contributed by atoms with van der Waals surface area (Å²) in [5.41, 5.74) is 7.56. The van der Waals surface area contributed by atoms with Crippen molar-refractivity contribution in [3.8, 4) is 0 Å². The normalized spacial score (nSPS) is 43.5. The van der Waals surface area contributed by atoms with Gasteiger partial charge in [0.2, 0.25) is 6.41 Å². The first kappa shape index (κ1) is 38.5. The molecule has 1 aliphatic heterocycles. The van der Waals surface area contributed by atoms with E-state index in [9.17, 15) is 19.5 Å². The summed E-state index contributed by atoms with van der Waals surface area (Å²) in [6, 6.07) is 0. The number of ether oxygens (including phenoxy) is 1. The number of nitrogens with zero attached hydrogens (tertiary/aromatic N) is 1. The maximum atomic E-state index is 14.1. The van der Waals surface area contributed by atoms with E-state index in [4.69, 9.17) is 9.53 Å². The monoisotopic (exact) mass is 709 g/mol. The van der Waals surface area contributed by atoms with Crippen molar-refractivity contribution < 1.29 is 29.0 Å². The van der Waals surface area contributed by atoms with Crippen molar-refractivity contribution >= 4 is 24.1 Å². The van der Waals surface area contributed by atoms with Crippen molar-refractivity contribution in [1.82, 2.24) is 4.90 Å². The van der Waals surface area contributed by atoms with E-state index in [1.165, 1.54) is 63.6 Å². The van der Waals surface area contributed by atoms with Crippen LogP contribution in [0, 0.1) is 74.9 Å². The molecule has 6 aliphatic carbocycles. The number of hydrogen-bond donors (Lipinski definition) is 2. The number of aliphatic carboxylic acids is 1. The van der Waals surface area contributed by atoms with Crippen LogP contribution in [0.3, 0.4) is 0 Å². The number of esters is 1. The van der Waals surface area contributed by atoms with Crippen molar-refractivity contribution in [3.05, 3.63) is 11.1 Å². The number of nitrogens with two attached hydrogens (primary N) is 1. The van der Waals surface area contributed by atoms with Gasteiger partial charge in [0.25, 0.3) is 0 Å². The standard InChI is InChI=1S/C42H65NO5.CH3NO/c1-24(2)35-32(44)22-42(39(5,6)23-43-19-9-10-20-43)18-14-31-27(36(35)42)11-12-34-40(7)17-15-33(26(4)30(40)13-16-41(31,34)8)48-38(47)29-21-28(25(29)3)37(45)46;2-1-3/h24-31,33-34H,9-23H2,1-8H3,(H,45,46);1H,(H2,2,3). The zero-order chi connectivity index (χ0) is 37.3. The number of allylic oxidation sites excluding steroid dienone is 2. The number of carboxylic acids is 1. The number of hydrogen-bond acceptors (Lipinski definition) is 6. The number of ketones is 1. The van der Waals surface area contributed by atoms with E-state index < -0.39 is 11.9 Å². The number of carboxylic acid groups (broad SMARTS) is 1. The van der Waals surface area contributed by atoms with E-state index in [0.717, 1.165) is 32.2 Å². The Kier molecular flexibility index (Phi) is 10.5. The molecule has 12 atom stereocenters. The van der Waals surface area contributed by atoms with E-state index >= 15 is 0 Å². The molecule has 7 aliphatic rings. The van der Waals surface area contributed by atoms with Crippen LogP contribution in [0.2, 0.25) is 0 Å². The van der Waals surface area contributed by atoms with Gasteiger partial charge in [-0.2, -0.15) is 0 Å². The van der Waals surface area contributed by atoms with Crippen LogP contribution in [0.4, 0.5) is 0 Å². The number of primary amides is 1. The van der Waals surface area contributed by atoms with Crippen molar-refractivity contribution in [2.75, 3.05) is 19.6 Å². The van der Waals surface area contributed by atoms with Gasteiger partial charge < -0.3 is 20.5 Å². The van der Waals surface area contributed by atoms with Crippen LogP contribution in [0.1, 0.15) is 132 Å². The molecule has 0 aromatic heterocycles. The summed E-state index contributed by atoms with van der Waals surface area (Å²) < 4.78 is 6.26. The molecule has 0 aromatic rings. The van der Waals surface area contributed by atoms with Crippen LogP contribution in [0.25, 0.3) is 0 Å². The van der Waals surface area contributed by atoms with Crippen LogP contribution < -0.4 is 5.73 Å². The third kappa shape index (κ3) is 6.04. The fraction of sp³-hybridized carbons (Fsp3) is 0.860. The Balaban J connectivity index is 0.00000144. The summed E-state index contributed by atoms with van der Waals surface area (Å²) in [4.78, 5) is 50.1. The number of Topliss-reactive ketones (excluding diaryl/α,β-unsaturated/α-hetero) is 1. The molecule has 5 saturated carbocycles. The van der Waals surface area contributed by atoms with Crippen LogP contribution in [-0.4, -0.2) is 59.9 Å². The first-order valence-electron chi connectivity index (χ1n) is 20.6. The Morgan fingerprint density at radius 2 is 1.57 bits per heavy atom. The first-order valence-corrected chi connectivity index (χ1v) is 20.6. The highest BCUT2D eigenvalue weighted by Gasteiger charge is 2.67. The molecule has 8 nitrogen and oxygen atoms in total. The molecule has 286 valence electrons. The SMILES string of the molecule is CC(C)C1=C2C3CCC4C(C)(CCC5C(C)C(OC(=O)C6CC(C(=O)O)C6C)CCC54C)C3CCC2(C(C)(C)CN2CCCC2)CC1=O.NC=O. The second-order valence-electron chi connectivity index (χ2n) is 19.7. The second kappa shape index (κ2) is 13.9. The molecular weight excluding hydrogens is 640 g/mol. The summed E-state index contributed by atoms with van der Waals surface area (Å²) >= 11 is 0. The summed E-state index contributed by atoms with van der Waals surface area (Å²) in [5, 5.41) is 9.43. The fourth-order valence-corrected chi connectivity index (χ4v) is 14.3. The average molecular weight is 709 g/mol. The molecule has 0 radical (unpaired) electrons. The lowest BCUT2D eigenvalue weighted by Gasteiger charge is -2.68. The molecule has 12 unspecified atom stereocenters. The van der Waals surface area contributed by atoms with Crippen molar-refractivity contribution in [2.24, 2.45) is 80.7 Å². The predicted octanol–water partition coefficient (Wildman–Crippen LogP) is 7.68. The largest absolute Gasteiger partial charge is 0.481 e. The lowest BCUT2D eigenvalue weighted by atomic mass is 9.37. The maximum Gasteiger partial charge on any atom is 0.309 e. The molecule has 8 heteroatoms. The summed E-state index contributed by atoms with van der Waals surface area (Å²) in [6.45, 7) is 22.5. The minimum absolute atomic E-state index is 0.00336. The molecule has 0 aromatic carbocycles. The maximum absolute atomic E-state index is 14.1. The van der Waals surface area contributed by atoms with Gasteiger partial charge in [0.05, 0.1) is 11.8 Å². The molecule has 1 heterocycles. The van der Waals surface area contributed by atoms with E-state index in [2.05, 4.69) is 59.1 Å². The first-order chi connectivity index (χ1) is 24.0. The zero-order valence-electron chi connectivity index (χ0n) is 33.0. The van der Waals surface area contributed by atoms with Crippen LogP contribution >= 0.6 is 0 Å². The topological polar surface area (TPSA) is 127 Å². The highest BCUT2D eigenvalue weighted by molar-refractivity contribution is 6.00. The van der Waals surface area contributed by atoms with Crippen molar-refractivity contribution in [3.63, 3.8) is 0 Å². The van der Waals surface area contributed by atoms with E-state index in [1.54, 1.807) is 5.57 Å². The quantitative estimate of drug-likeness (QED) is 0.205. The van der Waals surface area contributed by atoms with Crippen LogP contribution in [0.5, 0.6) is 0 Å². The number of carbonyl (C=O) groups is 4. The van der Waals surface area contributed by atoms with Gasteiger partial charge >= 0.3 is 11.9 Å². The number of carbonyl (C=O) groups excluding carboxylic acids is 3. The van der Waals surface area contributed by atoms with Crippen molar-refractivity contribution in [2.45, 2.75) is 139 Å². The van der Waals surface area contributed by atoms with Gasteiger partial charge in [-0.05, 0) is 147 Å².